The maximum Gasteiger partial charge on any atom is 0.306 e. The van der Waals surface area contributed by atoms with Crippen LogP contribution in [0.5, 0.6) is 0 Å². The van der Waals surface area contributed by atoms with Gasteiger partial charge in [-0.1, -0.05) is 19.1 Å². The third-order valence-corrected chi connectivity index (χ3v) is 4.42. The van der Waals surface area contributed by atoms with Gasteiger partial charge in [-0.3, -0.25) is 9.59 Å². The van der Waals surface area contributed by atoms with E-state index in [0.717, 1.165) is 31.2 Å². The Labute approximate surface area is 137 Å². The monoisotopic (exact) mass is 319 g/mol. The second-order valence-electron chi connectivity index (χ2n) is 6.23. The lowest BCUT2D eigenvalue weighted by atomic mass is 9.99. The summed E-state index contributed by atoms with van der Waals surface area (Å²) in [4.78, 5) is 23.5. The molecule has 2 rings (SSSR count). The number of carboxylic acids is 1. The van der Waals surface area contributed by atoms with Gasteiger partial charge in [-0.05, 0) is 56.7 Å². The van der Waals surface area contributed by atoms with Crippen LogP contribution in [0.2, 0.25) is 0 Å². The predicted molar refractivity (Wildman–Crippen MR) is 88.4 cm³/mol. The Morgan fingerprint density at radius 1 is 1.26 bits per heavy atom. The predicted octanol–water partition coefficient (Wildman–Crippen LogP) is 3.24. The minimum absolute atomic E-state index is 0.0801. The van der Waals surface area contributed by atoms with E-state index >= 15 is 0 Å². The number of carboxylic acid groups (broad SMARTS) is 1. The van der Waals surface area contributed by atoms with Crippen LogP contribution in [-0.2, 0) is 20.7 Å². The molecule has 0 saturated heterocycles. The van der Waals surface area contributed by atoms with Crippen molar-refractivity contribution in [2.45, 2.75) is 51.6 Å². The number of benzene rings is 1. The van der Waals surface area contributed by atoms with E-state index in [4.69, 9.17) is 9.84 Å². The first-order valence-corrected chi connectivity index (χ1v) is 8.24. The third kappa shape index (κ3) is 4.32. The molecular weight excluding hydrogens is 294 g/mol. The molecule has 0 radical (unpaired) electrons. The van der Waals surface area contributed by atoms with Crippen LogP contribution in [0, 0.1) is 5.92 Å². The molecule has 5 nitrogen and oxygen atoms in total. The molecule has 1 fully saturated rings. The van der Waals surface area contributed by atoms with Crippen LogP contribution < -0.4 is 5.32 Å². The molecule has 126 valence electrons. The van der Waals surface area contributed by atoms with E-state index in [1.807, 2.05) is 31.2 Å². The highest BCUT2D eigenvalue weighted by molar-refractivity contribution is 5.97. The lowest BCUT2D eigenvalue weighted by Crippen LogP contribution is -2.43. The molecule has 0 bridgehead atoms. The fraction of sp³-hybridized carbons (Fsp3) is 0.556. The highest BCUT2D eigenvalue weighted by Gasteiger charge is 2.41. The van der Waals surface area contributed by atoms with Gasteiger partial charge in [0.1, 0.15) is 5.60 Å². The largest absolute Gasteiger partial charge is 0.481 e. The molecule has 1 aliphatic carbocycles. The lowest BCUT2D eigenvalue weighted by Gasteiger charge is -2.27. The van der Waals surface area contributed by atoms with Crippen LogP contribution in [0.25, 0.3) is 0 Å². The highest BCUT2D eigenvalue weighted by atomic mass is 16.5. The van der Waals surface area contributed by atoms with Gasteiger partial charge >= 0.3 is 5.97 Å². The molecule has 23 heavy (non-hydrogen) atoms. The van der Waals surface area contributed by atoms with Crippen molar-refractivity contribution >= 4 is 17.6 Å². The van der Waals surface area contributed by atoms with Gasteiger partial charge in [0, 0.05) is 12.3 Å². The molecular formula is C18H25NO4. The van der Waals surface area contributed by atoms with Gasteiger partial charge in [0.05, 0.1) is 5.92 Å². The Bertz CT molecular complexity index is 547. The van der Waals surface area contributed by atoms with Crippen LogP contribution in [0.3, 0.4) is 0 Å². The number of amides is 1. The van der Waals surface area contributed by atoms with Crippen molar-refractivity contribution in [3.8, 4) is 0 Å². The van der Waals surface area contributed by atoms with Crippen LogP contribution in [0.15, 0.2) is 24.3 Å². The lowest BCUT2D eigenvalue weighted by molar-refractivity contribution is -0.141. The first kappa shape index (κ1) is 17.5. The molecule has 0 aromatic heterocycles. The number of rotatable bonds is 7. The average Bonchev–Trinajstić information content (AvgIpc) is 2.99. The van der Waals surface area contributed by atoms with Crippen molar-refractivity contribution in [1.29, 1.82) is 0 Å². The van der Waals surface area contributed by atoms with Gasteiger partial charge in [-0.25, -0.2) is 0 Å². The van der Waals surface area contributed by atoms with Gasteiger partial charge in [-0.15, -0.1) is 0 Å². The van der Waals surface area contributed by atoms with Gasteiger partial charge in [0.2, 0.25) is 0 Å². The van der Waals surface area contributed by atoms with Gasteiger partial charge in [-0.2, -0.15) is 0 Å². The van der Waals surface area contributed by atoms with Gasteiger partial charge < -0.3 is 15.2 Å². The van der Waals surface area contributed by atoms with Gasteiger partial charge in [0.25, 0.3) is 5.91 Å². The summed E-state index contributed by atoms with van der Waals surface area (Å²) in [6.07, 6.45) is 4.03. The molecule has 0 aliphatic heterocycles. The fourth-order valence-electron chi connectivity index (χ4n) is 3.07. The number of carbonyl (C=O) groups is 2. The number of hydrogen-bond acceptors (Lipinski definition) is 3. The summed E-state index contributed by atoms with van der Waals surface area (Å²) in [5.41, 5.74) is 0.969. The van der Waals surface area contributed by atoms with Crippen LogP contribution in [0.1, 0.15) is 45.1 Å². The standard InChI is InChI=1S/C18H25NO4/c1-3-23-18(10-4-5-11-18)17(22)19-15-8-6-14(7-9-15)12-13(2)16(20)21/h6-9,13H,3-5,10-12H2,1-2H3,(H,19,22)(H,20,21). The quantitative estimate of drug-likeness (QED) is 0.809. The highest BCUT2D eigenvalue weighted by Crippen LogP contribution is 2.34. The van der Waals surface area contributed by atoms with Crippen molar-refractivity contribution in [1.82, 2.24) is 0 Å². The first-order valence-electron chi connectivity index (χ1n) is 8.24. The molecule has 1 aromatic rings. The smallest absolute Gasteiger partial charge is 0.306 e. The Hall–Kier alpha value is -1.88. The summed E-state index contributed by atoms with van der Waals surface area (Å²) in [6.45, 7) is 4.12. The van der Waals surface area contributed by atoms with E-state index in [0.29, 0.717) is 18.7 Å². The normalized spacial score (nSPS) is 17.7. The molecule has 1 aliphatic rings. The van der Waals surface area contributed by atoms with E-state index in [1.54, 1.807) is 6.92 Å². The van der Waals surface area contributed by atoms with Crippen molar-refractivity contribution in [3.05, 3.63) is 29.8 Å². The topological polar surface area (TPSA) is 75.6 Å². The summed E-state index contributed by atoms with van der Waals surface area (Å²) < 4.78 is 5.75. The number of anilines is 1. The zero-order valence-corrected chi connectivity index (χ0v) is 13.8. The van der Waals surface area contributed by atoms with Crippen molar-refractivity contribution in [2.75, 3.05) is 11.9 Å². The van der Waals surface area contributed by atoms with E-state index in [9.17, 15) is 9.59 Å². The van der Waals surface area contributed by atoms with Crippen LogP contribution >= 0.6 is 0 Å². The first-order chi connectivity index (χ1) is 11.0. The minimum atomic E-state index is -0.803. The van der Waals surface area contributed by atoms with Crippen molar-refractivity contribution in [2.24, 2.45) is 5.92 Å². The Balaban J connectivity index is 2.00. The van der Waals surface area contributed by atoms with Gasteiger partial charge in [0.15, 0.2) is 0 Å². The number of aliphatic carboxylic acids is 1. The summed E-state index contributed by atoms with van der Waals surface area (Å²) in [5.74, 6) is -1.30. The van der Waals surface area contributed by atoms with Crippen molar-refractivity contribution in [3.63, 3.8) is 0 Å². The molecule has 1 aromatic carbocycles. The Kier molecular flexibility index (Phi) is 5.77. The third-order valence-electron chi connectivity index (χ3n) is 4.42. The number of ether oxygens (including phenoxy) is 1. The molecule has 1 saturated carbocycles. The Morgan fingerprint density at radius 2 is 1.87 bits per heavy atom. The summed E-state index contributed by atoms with van der Waals surface area (Å²) in [6, 6.07) is 7.35. The summed E-state index contributed by atoms with van der Waals surface area (Å²) in [5, 5.41) is 11.9. The van der Waals surface area contributed by atoms with E-state index in [-0.39, 0.29) is 5.91 Å². The second kappa shape index (κ2) is 7.59. The minimum Gasteiger partial charge on any atom is -0.481 e. The summed E-state index contributed by atoms with van der Waals surface area (Å²) >= 11 is 0. The molecule has 5 heteroatoms. The maximum absolute atomic E-state index is 12.6. The zero-order valence-electron chi connectivity index (χ0n) is 13.8. The van der Waals surface area contributed by atoms with Crippen LogP contribution in [-0.4, -0.2) is 29.2 Å². The van der Waals surface area contributed by atoms with E-state index < -0.39 is 17.5 Å². The molecule has 1 unspecified atom stereocenters. The number of hydrogen-bond donors (Lipinski definition) is 2. The summed E-state index contributed by atoms with van der Waals surface area (Å²) in [7, 11) is 0. The van der Waals surface area contributed by atoms with E-state index in [1.165, 1.54) is 0 Å². The SMILES string of the molecule is CCOC1(C(=O)Nc2ccc(CC(C)C(=O)O)cc2)CCCC1. The molecule has 1 atom stereocenters. The number of carbonyl (C=O) groups excluding carboxylic acids is 1. The van der Waals surface area contributed by atoms with Crippen LogP contribution in [0.4, 0.5) is 5.69 Å². The molecule has 0 heterocycles. The maximum atomic E-state index is 12.6. The molecule has 0 spiro atoms. The van der Waals surface area contributed by atoms with Crippen molar-refractivity contribution < 1.29 is 19.4 Å². The molecule has 1 amide bonds. The second-order valence-corrected chi connectivity index (χ2v) is 6.23. The average molecular weight is 319 g/mol. The zero-order chi connectivity index (χ0) is 16.9. The fourth-order valence-corrected chi connectivity index (χ4v) is 3.07. The number of nitrogens with one attached hydrogen (secondary N) is 1. The molecule has 2 N–H and O–H groups in total. The van der Waals surface area contributed by atoms with E-state index in [2.05, 4.69) is 5.32 Å². The Morgan fingerprint density at radius 3 is 2.39 bits per heavy atom.